The number of hydrogen-bond donors (Lipinski definition) is 2. The molecule has 1 atom stereocenters. The lowest BCUT2D eigenvalue weighted by molar-refractivity contribution is -0.131. The molecule has 1 amide bonds. The Morgan fingerprint density at radius 1 is 1.32 bits per heavy atom. The van der Waals surface area contributed by atoms with E-state index in [2.05, 4.69) is 19.2 Å². The van der Waals surface area contributed by atoms with E-state index in [4.69, 9.17) is 0 Å². The minimum Gasteiger partial charge on any atom is -0.508 e. The summed E-state index contributed by atoms with van der Waals surface area (Å²) >= 11 is 0. The number of aromatic hydroxyl groups is 1. The average Bonchev–Trinajstić information content (AvgIpc) is 2.37. The molecule has 1 aromatic rings. The molecule has 0 heterocycles. The molecule has 1 rings (SSSR count). The van der Waals surface area contributed by atoms with Gasteiger partial charge in [-0.25, -0.2) is 0 Å². The zero-order valence-electron chi connectivity index (χ0n) is 12.2. The van der Waals surface area contributed by atoms with Gasteiger partial charge < -0.3 is 15.3 Å². The van der Waals surface area contributed by atoms with Crippen LogP contribution >= 0.6 is 0 Å². The van der Waals surface area contributed by atoms with Crippen molar-refractivity contribution in [3.8, 4) is 5.75 Å². The van der Waals surface area contributed by atoms with Crippen LogP contribution in [0.1, 0.15) is 38.8 Å². The Morgan fingerprint density at radius 3 is 2.53 bits per heavy atom. The summed E-state index contributed by atoms with van der Waals surface area (Å²) in [5.41, 5.74) is 0.773. The third-order valence-electron chi connectivity index (χ3n) is 3.25. The van der Waals surface area contributed by atoms with E-state index in [1.165, 1.54) is 0 Å². The number of rotatable bonds is 6. The second-order valence-electron chi connectivity index (χ2n) is 5.10. The summed E-state index contributed by atoms with van der Waals surface area (Å²) in [6.07, 6.45) is 0.465. The second kappa shape index (κ2) is 7.14. The molecule has 19 heavy (non-hydrogen) atoms. The lowest BCUT2D eigenvalue weighted by Gasteiger charge is -2.26. The number of benzene rings is 1. The molecule has 0 saturated carbocycles. The molecule has 4 nitrogen and oxygen atoms in total. The molecule has 4 heteroatoms. The third-order valence-corrected chi connectivity index (χ3v) is 3.25. The summed E-state index contributed by atoms with van der Waals surface area (Å²) in [7, 11) is 1.77. The molecule has 0 bridgehead atoms. The number of para-hydroxylation sites is 1. The number of nitrogens with zero attached hydrogens (tertiary/aromatic N) is 1. The van der Waals surface area contributed by atoms with Gasteiger partial charge in [0.05, 0.1) is 6.04 Å². The zero-order chi connectivity index (χ0) is 14.4. The molecule has 2 N–H and O–H groups in total. The fourth-order valence-electron chi connectivity index (χ4n) is 1.91. The molecule has 1 aromatic carbocycles. The average molecular weight is 264 g/mol. The first kappa shape index (κ1) is 15.5. The summed E-state index contributed by atoms with van der Waals surface area (Å²) in [6, 6.07) is 7.38. The largest absolute Gasteiger partial charge is 0.508 e. The fraction of sp³-hybridized carbons (Fsp3) is 0.533. The normalized spacial score (nSPS) is 12.5. The van der Waals surface area contributed by atoms with Crippen molar-refractivity contribution in [1.82, 2.24) is 10.2 Å². The number of phenols is 1. The first-order valence-electron chi connectivity index (χ1n) is 6.70. The molecule has 0 radical (unpaired) electrons. The van der Waals surface area contributed by atoms with Crippen molar-refractivity contribution < 1.29 is 9.90 Å². The number of carbonyl (C=O) groups excluding carboxylic acids is 1. The molecule has 0 aliphatic rings. The van der Waals surface area contributed by atoms with Gasteiger partial charge in [0, 0.05) is 31.6 Å². The van der Waals surface area contributed by atoms with Crippen molar-refractivity contribution in [1.29, 1.82) is 0 Å². The molecular formula is C15H24N2O2. The van der Waals surface area contributed by atoms with Crippen LogP contribution in [0.5, 0.6) is 5.75 Å². The predicted octanol–water partition coefficient (Wildman–Crippen LogP) is 2.30. The van der Waals surface area contributed by atoms with Gasteiger partial charge in [0.2, 0.25) is 5.91 Å². The summed E-state index contributed by atoms with van der Waals surface area (Å²) < 4.78 is 0. The van der Waals surface area contributed by atoms with Gasteiger partial charge in [-0.15, -0.1) is 0 Å². The van der Waals surface area contributed by atoms with Gasteiger partial charge in [-0.05, 0) is 13.0 Å². The van der Waals surface area contributed by atoms with Crippen LogP contribution in [-0.4, -0.2) is 35.5 Å². The standard InChI is InChI=1S/C15H24N2O2/c1-11(2)16-10-9-15(19)17(4)12(3)13-7-5-6-8-14(13)18/h5-8,11-12,16,18H,9-10H2,1-4H3. The molecule has 0 aromatic heterocycles. The smallest absolute Gasteiger partial charge is 0.224 e. The predicted molar refractivity (Wildman–Crippen MR) is 77.0 cm³/mol. The van der Waals surface area contributed by atoms with Crippen molar-refractivity contribution in [2.24, 2.45) is 0 Å². The highest BCUT2D eigenvalue weighted by Gasteiger charge is 2.19. The van der Waals surface area contributed by atoms with E-state index in [1.54, 1.807) is 24.1 Å². The molecule has 0 aliphatic heterocycles. The molecular weight excluding hydrogens is 240 g/mol. The number of phenolic OH excluding ortho intramolecular Hbond substituents is 1. The van der Waals surface area contributed by atoms with Crippen LogP contribution in [0.3, 0.4) is 0 Å². The van der Waals surface area contributed by atoms with E-state index in [9.17, 15) is 9.90 Å². The van der Waals surface area contributed by atoms with Crippen LogP contribution in [0.15, 0.2) is 24.3 Å². The van der Waals surface area contributed by atoms with Crippen molar-refractivity contribution in [2.75, 3.05) is 13.6 Å². The highest BCUT2D eigenvalue weighted by Crippen LogP contribution is 2.27. The number of nitrogens with one attached hydrogen (secondary N) is 1. The van der Waals surface area contributed by atoms with E-state index in [0.29, 0.717) is 19.0 Å². The molecule has 0 saturated heterocycles. The van der Waals surface area contributed by atoms with Gasteiger partial charge in [0.25, 0.3) is 0 Å². The quantitative estimate of drug-likeness (QED) is 0.829. The van der Waals surface area contributed by atoms with Crippen LogP contribution in [0.2, 0.25) is 0 Å². The Balaban J connectivity index is 2.59. The Hall–Kier alpha value is -1.55. The topological polar surface area (TPSA) is 52.6 Å². The van der Waals surface area contributed by atoms with E-state index >= 15 is 0 Å². The summed E-state index contributed by atoms with van der Waals surface area (Å²) in [4.78, 5) is 13.7. The van der Waals surface area contributed by atoms with Crippen molar-refractivity contribution in [3.63, 3.8) is 0 Å². The highest BCUT2D eigenvalue weighted by molar-refractivity contribution is 5.76. The SMILES string of the molecule is CC(C)NCCC(=O)N(C)C(C)c1ccccc1O. The Bertz CT molecular complexity index is 418. The first-order chi connectivity index (χ1) is 8.93. The number of carbonyl (C=O) groups is 1. The maximum absolute atomic E-state index is 12.1. The first-order valence-corrected chi connectivity index (χ1v) is 6.70. The van der Waals surface area contributed by atoms with Gasteiger partial charge in [0.15, 0.2) is 0 Å². The van der Waals surface area contributed by atoms with Crippen LogP contribution in [-0.2, 0) is 4.79 Å². The summed E-state index contributed by atoms with van der Waals surface area (Å²) in [5, 5.41) is 13.0. The fourth-order valence-corrected chi connectivity index (χ4v) is 1.91. The molecule has 0 aliphatic carbocycles. The Labute approximate surface area is 115 Å². The van der Waals surface area contributed by atoms with Gasteiger partial charge in [-0.2, -0.15) is 0 Å². The lowest BCUT2D eigenvalue weighted by atomic mass is 10.1. The molecule has 106 valence electrons. The van der Waals surface area contributed by atoms with Crippen LogP contribution in [0.25, 0.3) is 0 Å². The minimum absolute atomic E-state index is 0.0731. The van der Waals surface area contributed by atoms with E-state index in [1.807, 2.05) is 19.1 Å². The lowest BCUT2D eigenvalue weighted by Crippen LogP contribution is -2.33. The second-order valence-corrected chi connectivity index (χ2v) is 5.10. The maximum atomic E-state index is 12.1. The summed E-state index contributed by atoms with van der Waals surface area (Å²) in [5.74, 6) is 0.304. The van der Waals surface area contributed by atoms with Crippen molar-refractivity contribution in [2.45, 2.75) is 39.3 Å². The molecule has 1 unspecified atom stereocenters. The van der Waals surface area contributed by atoms with Gasteiger partial charge in [-0.1, -0.05) is 32.0 Å². The van der Waals surface area contributed by atoms with Crippen molar-refractivity contribution >= 4 is 5.91 Å². The number of amides is 1. The van der Waals surface area contributed by atoms with E-state index < -0.39 is 0 Å². The Morgan fingerprint density at radius 2 is 1.95 bits per heavy atom. The zero-order valence-corrected chi connectivity index (χ0v) is 12.2. The Kier molecular flexibility index (Phi) is 5.83. The third kappa shape index (κ3) is 4.56. The van der Waals surface area contributed by atoms with Gasteiger partial charge in [0.1, 0.15) is 5.75 Å². The van der Waals surface area contributed by atoms with Crippen LogP contribution in [0.4, 0.5) is 0 Å². The highest BCUT2D eigenvalue weighted by atomic mass is 16.3. The van der Waals surface area contributed by atoms with Crippen LogP contribution < -0.4 is 5.32 Å². The van der Waals surface area contributed by atoms with Gasteiger partial charge in [-0.3, -0.25) is 4.79 Å². The molecule has 0 fully saturated rings. The van der Waals surface area contributed by atoms with Crippen LogP contribution in [0, 0.1) is 0 Å². The van der Waals surface area contributed by atoms with Crippen molar-refractivity contribution in [3.05, 3.63) is 29.8 Å². The maximum Gasteiger partial charge on any atom is 0.224 e. The monoisotopic (exact) mass is 264 g/mol. The van der Waals surface area contributed by atoms with E-state index in [-0.39, 0.29) is 17.7 Å². The minimum atomic E-state index is -0.132. The van der Waals surface area contributed by atoms with E-state index in [0.717, 1.165) is 5.56 Å². The number of hydrogen-bond acceptors (Lipinski definition) is 3. The van der Waals surface area contributed by atoms with Gasteiger partial charge >= 0.3 is 0 Å². The molecule has 0 spiro atoms. The summed E-state index contributed by atoms with van der Waals surface area (Å²) in [6.45, 7) is 6.70.